The predicted molar refractivity (Wildman–Crippen MR) is 110 cm³/mol. The summed E-state index contributed by atoms with van der Waals surface area (Å²) in [5.74, 6) is -0.144. The lowest BCUT2D eigenvalue weighted by Crippen LogP contribution is -2.13. The predicted octanol–water partition coefficient (Wildman–Crippen LogP) is 6.12. The lowest BCUT2D eigenvalue weighted by molar-refractivity contribution is 0.102. The topological polar surface area (TPSA) is 49.3 Å². The van der Waals surface area contributed by atoms with Crippen LogP contribution in [0.4, 0.5) is 5.69 Å². The van der Waals surface area contributed by atoms with E-state index in [1.807, 2.05) is 48.5 Å². The summed E-state index contributed by atoms with van der Waals surface area (Å²) in [5.41, 5.74) is 2.44. The van der Waals surface area contributed by atoms with Crippen molar-refractivity contribution in [1.29, 1.82) is 0 Å². The van der Waals surface area contributed by atoms with E-state index >= 15 is 0 Å². The number of halogens is 1. The number of anilines is 1. The lowest BCUT2D eigenvalue weighted by atomic mass is 9.95. The number of rotatable bonds is 3. The molecule has 4 aromatic carbocycles. The Morgan fingerprint density at radius 2 is 1.52 bits per heavy atom. The van der Waals surface area contributed by atoms with Crippen LogP contribution in [0.2, 0.25) is 5.02 Å². The van der Waals surface area contributed by atoms with Crippen molar-refractivity contribution < 1.29 is 9.90 Å². The second-order valence-electron chi connectivity index (χ2n) is 6.16. The highest BCUT2D eigenvalue weighted by Gasteiger charge is 2.16. The molecule has 0 aliphatic rings. The van der Waals surface area contributed by atoms with Crippen molar-refractivity contribution in [1.82, 2.24) is 0 Å². The molecule has 132 valence electrons. The second-order valence-corrected chi connectivity index (χ2v) is 6.57. The Kier molecular flexibility index (Phi) is 4.53. The fourth-order valence-corrected chi connectivity index (χ4v) is 3.41. The third-order valence-electron chi connectivity index (χ3n) is 4.47. The average molecular weight is 374 g/mol. The molecular weight excluding hydrogens is 358 g/mol. The Bertz CT molecular complexity index is 1150. The minimum atomic E-state index is -0.299. The molecule has 4 heteroatoms. The second kappa shape index (κ2) is 7.14. The van der Waals surface area contributed by atoms with Gasteiger partial charge in [-0.2, -0.15) is 0 Å². The third kappa shape index (κ3) is 3.25. The number of fused-ring (bicyclic) bond motifs is 1. The van der Waals surface area contributed by atoms with E-state index in [4.69, 9.17) is 11.6 Å². The molecule has 0 unspecified atom stereocenters. The first-order chi connectivity index (χ1) is 13.1. The molecule has 0 radical (unpaired) electrons. The van der Waals surface area contributed by atoms with Crippen LogP contribution in [-0.2, 0) is 0 Å². The fourth-order valence-electron chi connectivity index (χ4n) is 3.19. The maximum Gasteiger partial charge on any atom is 0.257 e. The van der Waals surface area contributed by atoms with Crippen molar-refractivity contribution in [3.8, 4) is 16.9 Å². The van der Waals surface area contributed by atoms with Crippen molar-refractivity contribution in [2.24, 2.45) is 0 Å². The maximum absolute atomic E-state index is 12.8. The van der Waals surface area contributed by atoms with E-state index in [0.717, 1.165) is 16.3 Å². The van der Waals surface area contributed by atoms with Gasteiger partial charge in [0.15, 0.2) is 0 Å². The number of hydrogen-bond acceptors (Lipinski definition) is 2. The van der Waals surface area contributed by atoms with Crippen LogP contribution in [0, 0.1) is 0 Å². The lowest BCUT2D eigenvalue weighted by Gasteiger charge is -2.16. The minimum Gasteiger partial charge on any atom is -0.507 e. The Labute approximate surface area is 161 Å². The number of carbonyl (C=O) groups is 1. The van der Waals surface area contributed by atoms with Gasteiger partial charge in [-0.05, 0) is 35.0 Å². The maximum atomic E-state index is 12.8. The van der Waals surface area contributed by atoms with Crippen LogP contribution in [-0.4, -0.2) is 11.0 Å². The molecule has 4 rings (SSSR count). The molecular formula is C23H16ClNO2. The zero-order chi connectivity index (χ0) is 18.8. The summed E-state index contributed by atoms with van der Waals surface area (Å²) in [4.78, 5) is 12.8. The number of phenols is 1. The van der Waals surface area contributed by atoms with Crippen molar-refractivity contribution in [2.75, 3.05) is 5.32 Å². The molecule has 0 aliphatic heterocycles. The standard InChI is InChI=1S/C23H16ClNO2/c24-19-11-5-3-9-17(19)23(27)25-20-14-13-15-7-1-2-8-16(15)22(20)18-10-4-6-12-21(18)26/h1-14,26H,(H,25,27). The first kappa shape index (κ1) is 17.1. The van der Waals surface area contributed by atoms with Crippen LogP contribution in [0.1, 0.15) is 10.4 Å². The SMILES string of the molecule is O=C(Nc1ccc2ccccc2c1-c1ccccc1O)c1ccccc1Cl. The summed E-state index contributed by atoms with van der Waals surface area (Å²) < 4.78 is 0. The number of carbonyl (C=O) groups excluding carboxylic acids is 1. The van der Waals surface area contributed by atoms with E-state index in [1.165, 1.54) is 0 Å². The van der Waals surface area contributed by atoms with Crippen molar-refractivity contribution >= 4 is 34.0 Å². The molecule has 0 saturated carbocycles. The number of nitrogens with one attached hydrogen (secondary N) is 1. The Morgan fingerprint density at radius 1 is 0.815 bits per heavy atom. The number of phenolic OH excluding ortho intramolecular Hbond substituents is 1. The summed E-state index contributed by atoms with van der Waals surface area (Å²) >= 11 is 6.16. The normalized spacial score (nSPS) is 10.7. The smallest absolute Gasteiger partial charge is 0.257 e. The van der Waals surface area contributed by atoms with Gasteiger partial charge >= 0.3 is 0 Å². The summed E-state index contributed by atoms with van der Waals surface area (Å²) in [5, 5.41) is 15.7. The molecule has 0 saturated heterocycles. The highest BCUT2D eigenvalue weighted by atomic mass is 35.5. The Balaban J connectivity index is 1.89. The quantitative estimate of drug-likeness (QED) is 0.454. The van der Waals surface area contributed by atoms with Crippen LogP contribution < -0.4 is 5.32 Å². The summed E-state index contributed by atoms with van der Waals surface area (Å²) in [6.45, 7) is 0. The molecule has 0 heterocycles. The Hall–Kier alpha value is -3.30. The van der Waals surface area contributed by atoms with Crippen LogP contribution >= 0.6 is 11.6 Å². The largest absolute Gasteiger partial charge is 0.507 e. The number of benzene rings is 4. The molecule has 2 N–H and O–H groups in total. The molecule has 0 aliphatic carbocycles. The molecule has 27 heavy (non-hydrogen) atoms. The van der Waals surface area contributed by atoms with E-state index in [2.05, 4.69) is 5.32 Å². The molecule has 0 spiro atoms. The van der Waals surface area contributed by atoms with Gasteiger partial charge in [0, 0.05) is 16.8 Å². The number of para-hydroxylation sites is 1. The highest BCUT2D eigenvalue weighted by Crippen LogP contribution is 2.40. The van der Waals surface area contributed by atoms with Gasteiger partial charge in [-0.3, -0.25) is 4.79 Å². The van der Waals surface area contributed by atoms with E-state index in [9.17, 15) is 9.90 Å². The van der Waals surface area contributed by atoms with Gasteiger partial charge in [0.25, 0.3) is 5.91 Å². The summed E-state index contributed by atoms with van der Waals surface area (Å²) in [7, 11) is 0. The van der Waals surface area contributed by atoms with Crippen LogP contribution in [0.5, 0.6) is 5.75 Å². The van der Waals surface area contributed by atoms with Gasteiger partial charge in [0.05, 0.1) is 10.6 Å². The van der Waals surface area contributed by atoms with Crippen LogP contribution in [0.3, 0.4) is 0 Å². The molecule has 0 bridgehead atoms. The average Bonchev–Trinajstić information content (AvgIpc) is 2.69. The van der Waals surface area contributed by atoms with Gasteiger partial charge in [0.2, 0.25) is 0 Å². The van der Waals surface area contributed by atoms with Gasteiger partial charge < -0.3 is 10.4 Å². The molecule has 0 atom stereocenters. The molecule has 3 nitrogen and oxygen atoms in total. The first-order valence-electron chi connectivity index (χ1n) is 8.51. The van der Waals surface area contributed by atoms with Crippen LogP contribution in [0.25, 0.3) is 21.9 Å². The van der Waals surface area contributed by atoms with Crippen molar-refractivity contribution in [3.05, 3.63) is 95.5 Å². The fraction of sp³-hybridized carbons (Fsp3) is 0. The minimum absolute atomic E-state index is 0.155. The first-order valence-corrected chi connectivity index (χ1v) is 8.89. The number of amides is 1. The van der Waals surface area contributed by atoms with E-state index in [-0.39, 0.29) is 11.7 Å². The van der Waals surface area contributed by atoms with Gasteiger partial charge in [-0.25, -0.2) is 0 Å². The molecule has 0 fully saturated rings. The van der Waals surface area contributed by atoms with Gasteiger partial charge in [-0.15, -0.1) is 0 Å². The highest BCUT2D eigenvalue weighted by molar-refractivity contribution is 6.34. The van der Waals surface area contributed by atoms with Gasteiger partial charge in [-0.1, -0.05) is 72.3 Å². The van der Waals surface area contributed by atoms with Gasteiger partial charge in [0.1, 0.15) is 5.75 Å². The number of aromatic hydroxyl groups is 1. The van der Waals surface area contributed by atoms with E-state index < -0.39 is 0 Å². The van der Waals surface area contributed by atoms with Crippen molar-refractivity contribution in [2.45, 2.75) is 0 Å². The molecule has 0 aromatic heterocycles. The van der Waals surface area contributed by atoms with E-state index in [0.29, 0.717) is 21.8 Å². The summed E-state index contributed by atoms with van der Waals surface area (Å²) in [6.07, 6.45) is 0. The third-order valence-corrected chi connectivity index (χ3v) is 4.80. The summed E-state index contributed by atoms with van der Waals surface area (Å²) in [6, 6.07) is 25.7. The molecule has 4 aromatic rings. The Morgan fingerprint density at radius 3 is 2.33 bits per heavy atom. The number of hydrogen-bond donors (Lipinski definition) is 2. The van der Waals surface area contributed by atoms with E-state index in [1.54, 1.807) is 36.4 Å². The zero-order valence-corrected chi connectivity index (χ0v) is 15.1. The zero-order valence-electron chi connectivity index (χ0n) is 14.3. The van der Waals surface area contributed by atoms with Crippen LogP contribution in [0.15, 0.2) is 84.9 Å². The molecule has 1 amide bonds. The van der Waals surface area contributed by atoms with Crippen molar-refractivity contribution in [3.63, 3.8) is 0 Å². The monoisotopic (exact) mass is 373 g/mol.